The average molecular weight is 409 g/mol. The van der Waals surface area contributed by atoms with Gasteiger partial charge >= 0.3 is 0 Å². The molecular weight excluding hydrogens is 392 g/mol. The number of carbonyl (C=O) groups excluding carboxylic acids is 1. The van der Waals surface area contributed by atoms with Gasteiger partial charge < -0.3 is 10.1 Å². The number of nitro groups is 1. The highest BCUT2D eigenvalue weighted by atomic mass is 35.5. The minimum atomic E-state index is -0.551. The van der Waals surface area contributed by atoms with E-state index >= 15 is 0 Å². The lowest BCUT2D eigenvalue weighted by molar-refractivity contribution is -0.384. The maximum absolute atomic E-state index is 11.9. The van der Waals surface area contributed by atoms with Crippen molar-refractivity contribution in [3.8, 4) is 5.75 Å². The first-order chi connectivity index (χ1) is 12.7. The molecule has 0 spiro atoms. The first-order valence-electron chi connectivity index (χ1n) is 7.75. The summed E-state index contributed by atoms with van der Waals surface area (Å²) in [4.78, 5) is 22.1. The molecule has 10 heteroatoms. The second-order valence-electron chi connectivity index (χ2n) is 5.66. The number of aryl methyl sites for hydroxylation is 2. The van der Waals surface area contributed by atoms with Gasteiger partial charge in [0.05, 0.1) is 15.6 Å². The predicted octanol–water partition coefficient (Wildman–Crippen LogP) is 3.26. The Kier molecular flexibility index (Phi) is 6.91. The molecule has 3 N–H and O–H groups in total. The third kappa shape index (κ3) is 6.39. The molecule has 2 aromatic rings. The molecule has 142 valence electrons. The molecule has 0 unspecified atom stereocenters. The minimum absolute atomic E-state index is 0.0112. The van der Waals surface area contributed by atoms with E-state index in [-0.39, 0.29) is 28.1 Å². The van der Waals surface area contributed by atoms with Crippen LogP contribution in [0.15, 0.2) is 36.4 Å². The maximum atomic E-state index is 11.9. The number of anilines is 1. The van der Waals surface area contributed by atoms with E-state index in [2.05, 4.69) is 16.2 Å². The number of hydrogen-bond donors (Lipinski definition) is 3. The topological polar surface area (TPSA) is 106 Å². The van der Waals surface area contributed by atoms with Gasteiger partial charge in [0.15, 0.2) is 11.7 Å². The lowest BCUT2D eigenvalue weighted by Gasteiger charge is -2.13. The maximum Gasteiger partial charge on any atom is 0.276 e. The number of nitrogens with one attached hydrogen (secondary N) is 3. The van der Waals surface area contributed by atoms with E-state index in [1.54, 1.807) is 0 Å². The molecule has 0 fully saturated rings. The van der Waals surface area contributed by atoms with Crippen molar-refractivity contribution in [2.75, 3.05) is 11.9 Å². The summed E-state index contributed by atoms with van der Waals surface area (Å²) in [6.45, 7) is 3.66. The van der Waals surface area contributed by atoms with Crippen LogP contribution in [0.5, 0.6) is 5.75 Å². The number of non-ortho nitro benzene ring substituents is 1. The molecule has 0 saturated carbocycles. The van der Waals surface area contributed by atoms with Gasteiger partial charge in [0.1, 0.15) is 5.75 Å². The second-order valence-corrected chi connectivity index (χ2v) is 6.48. The van der Waals surface area contributed by atoms with Crippen molar-refractivity contribution < 1.29 is 14.5 Å². The Morgan fingerprint density at radius 3 is 2.48 bits per heavy atom. The number of carbonyl (C=O) groups is 1. The van der Waals surface area contributed by atoms with Crippen LogP contribution in [0.25, 0.3) is 0 Å². The van der Waals surface area contributed by atoms with Crippen LogP contribution in [0.3, 0.4) is 0 Å². The Labute approximate surface area is 166 Å². The Bertz CT molecular complexity index is 871. The average Bonchev–Trinajstić information content (AvgIpc) is 2.59. The van der Waals surface area contributed by atoms with Gasteiger partial charge in [0.25, 0.3) is 11.6 Å². The molecule has 0 atom stereocenters. The van der Waals surface area contributed by atoms with E-state index in [9.17, 15) is 14.9 Å². The molecule has 0 aliphatic rings. The number of thiocarbonyl (C=S) groups is 1. The lowest BCUT2D eigenvalue weighted by Crippen LogP contribution is -2.45. The summed E-state index contributed by atoms with van der Waals surface area (Å²) in [6, 6.07) is 9.53. The van der Waals surface area contributed by atoms with Crippen molar-refractivity contribution in [1.29, 1.82) is 0 Å². The van der Waals surface area contributed by atoms with Crippen LogP contribution in [0.1, 0.15) is 11.1 Å². The fourth-order valence-corrected chi connectivity index (χ4v) is 2.53. The minimum Gasteiger partial charge on any atom is -0.484 e. The van der Waals surface area contributed by atoms with E-state index in [1.807, 2.05) is 32.0 Å². The quantitative estimate of drug-likeness (QED) is 0.396. The largest absolute Gasteiger partial charge is 0.484 e. The molecule has 2 aromatic carbocycles. The van der Waals surface area contributed by atoms with Gasteiger partial charge in [0, 0.05) is 12.1 Å². The standard InChI is InChI=1S/C17H17ClN4O4S/c1-10-5-11(2)7-13(6-10)26-9-16(23)20-21-17(27)19-15-8-12(22(24)25)3-4-14(15)18/h3-8H,9H2,1-2H3,(H,20,23)(H2,19,21,27). The Morgan fingerprint density at radius 2 is 1.85 bits per heavy atom. The Balaban J connectivity index is 1.83. The normalized spacial score (nSPS) is 10.0. The molecule has 0 aromatic heterocycles. The molecule has 0 aliphatic carbocycles. The molecule has 0 heterocycles. The van der Waals surface area contributed by atoms with Crippen molar-refractivity contribution in [3.63, 3.8) is 0 Å². The third-order valence-corrected chi connectivity index (χ3v) is 3.82. The molecule has 0 bridgehead atoms. The van der Waals surface area contributed by atoms with Gasteiger partial charge in [-0.2, -0.15) is 0 Å². The lowest BCUT2D eigenvalue weighted by atomic mass is 10.1. The zero-order valence-corrected chi connectivity index (χ0v) is 16.1. The second kappa shape index (κ2) is 9.15. The Hall–Kier alpha value is -2.91. The summed E-state index contributed by atoms with van der Waals surface area (Å²) in [6.07, 6.45) is 0. The Morgan fingerprint density at radius 1 is 1.19 bits per heavy atom. The number of nitro benzene ring substituents is 1. The van der Waals surface area contributed by atoms with Gasteiger partial charge in [-0.25, -0.2) is 0 Å². The zero-order valence-electron chi connectivity index (χ0n) is 14.5. The van der Waals surface area contributed by atoms with Crippen molar-refractivity contribution in [2.45, 2.75) is 13.8 Å². The summed E-state index contributed by atoms with van der Waals surface area (Å²) >= 11 is 11.0. The number of hydrazine groups is 1. The highest BCUT2D eigenvalue weighted by Crippen LogP contribution is 2.26. The van der Waals surface area contributed by atoms with Crippen molar-refractivity contribution >= 4 is 46.2 Å². The number of halogens is 1. The van der Waals surface area contributed by atoms with E-state index in [0.717, 1.165) is 11.1 Å². The number of benzene rings is 2. The number of nitrogens with zero attached hydrogens (tertiary/aromatic N) is 1. The zero-order chi connectivity index (χ0) is 20.0. The number of hydrogen-bond acceptors (Lipinski definition) is 5. The highest BCUT2D eigenvalue weighted by Gasteiger charge is 2.11. The van der Waals surface area contributed by atoms with Crippen LogP contribution in [0.4, 0.5) is 11.4 Å². The number of ether oxygens (including phenoxy) is 1. The number of rotatable bonds is 5. The van der Waals surface area contributed by atoms with Gasteiger partial charge in [0.2, 0.25) is 0 Å². The van der Waals surface area contributed by atoms with Gasteiger partial charge in [-0.05, 0) is 55.4 Å². The summed E-state index contributed by atoms with van der Waals surface area (Å²) in [5, 5.41) is 13.7. The van der Waals surface area contributed by atoms with Gasteiger partial charge in [-0.3, -0.25) is 25.8 Å². The molecule has 0 saturated heterocycles. The van der Waals surface area contributed by atoms with Crippen molar-refractivity contribution in [3.05, 3.63) is 62.7 Å². The van der Waals surface area contributed by atoms with E-state index < -0.39 is 10.8 Å². The fourth-order valence-electron chi connectivity index (χ4n) is 2.20. The SMILES string of the molecule is Cc1cc(C)cc(OCC(=O)NNC(=S)Nc2cc([N+](=O)[O-])ccc2Cl)c1. The van der Waals surface area contributed by atoms with Crippen LogP contribution in [-0.4, -0.2) is 22.5 Å². The van der Waals surface area contributed by atoms with Crippen LogP contribution in [0, 0.1) is 24.0 Å². The molecule has 8 nitrogen and oxygen atoms in total. The van der Waals surface area contributed by atoms with Crippen LogP contribution >= 0.6 is 23.8 Å². The summed E-state index contributed by atoms with van der Waals surface area (Å²) < 4.78 is 5.43. The van der Waals surface area contributed by atoms with E-state index in [1.165, 1.54) is 18.2 Å². The highest BCUT2D eigenvalue weighted by molar-refractivity contribution is 7.80. The number of amides is 1. The summed E-state index contributed by atoms with van der Waals surface area (Å²) in [7, 11) is 0. The first-order valence-corrected chi connectivity index (χ1v) is 8.54. The van der Waals surface area contributed by atoms with E-state index in [4.69, 9.17) is 28.6 Å². The molecule has 2 rings (SSSR count). The van der Waals surface area contributed by atoms with Gasteiger partial charge in [-0.15, -0.1) is 0 Å². The monoisotopic (exact) mass is 408 g/mol. The molecular formula is C17H17ClN4O4S. The smallest absolute Gasteiger partial charge is 0.276 e. The first kappa shape index (κ1) is 20.4. The predicted molar refractivity (Wildman–Crippen MR) is 107 cm³/mol. The summed E-state index contributed by atoms with van der Waals surface area (Å²) in [5.41, 5.74) is 7.00. The van der Waals surface area contributed by atoms with Gasteiger partial charge in [-0.1, -0.05) is 17.7 Å². The van der Waals surface area contributed by atoms with Crippen LogP contribution in [-0.2, 0) is 4.79 Å². The third-order valence-electron chi connectivity index (χ3n) is 3.29. The van der Waals surface area contributed by atoms with Crippen LogP contribution in [0.2, 0.25) is 5.02 Å². The van der Waals surface area contributed by atoms with E-state index in [0.29, 0.717) is 5.75 Å². The fraction of sp³-hybridized carbons (Fsp3) is 0.176. The van der Waals surface area contributed by atoms with Crippen molar-refractivity contribution in [1.82, 2.24) is 10.9 Å². The molecule has 1 amide bonds. The molecule has 27 heavy (non-hydrogen) atoms. The van der Waals surface area contributed by atoms with Crippen LogP contribution < -0.4 is 20.9 Å². The molecule has 0 aliphatic heterocycles. The van der Waals surface area contributed by atoms with Crippen molar-refractivity contribution in [2.24, 2.45) is 0 Å². The summed E-state index contributed by atoms with van der Waals surface area (Å²) in [5.74, 6) is 0.134. The molecule has 0 radical (unpaired) electrons.